The second-order valence-corrected chi connectivity index (χ2v) is 2.94. The number of ether oxygens (including phenoxy) is 2. The first-order valence-corrected chi connectivity index (χ1v) is 4.40. The first-order chi connectivity index (χ1) is 5.43. The van der Waals surface area contributed by atoms with Crippen LogP contribution in [0, 0.1) is 6.10 Å². The van der Waals surface area contributed by atoms with Crippen molar-refractivity contribution in [2.45, 2.75) is 32.1 Å². The minimum absolute atomic E-state index is 0.712. The minimum atomic E-state index is 0.712. The summed E-state index contributed by atoms with van der Waals surface area (Å²) in [7, 11) is 1.70. The predicted molar refractivity (Wildman–Crippen MR) is 44.2 cm³/mol. The molecule has 1 aliphatic carbocycles. The van der Waals surface area contributed by atoms with Crippen molar-refractivity contribution in [3.63, 3.8) is 0 Å². The summed E-state index contributed by atoms with van der Waals surface area (Å²) < 4.78 is 10.4. The average Bonchev–Trinajstić information content (AvgIpc) is 2.07. The molecule has 0 spiro atoms. The van der Waals surface area contributed by atoms with Crippen LogP contribution in [0.1, 0.15) is 32.1 Å². The Hall–Kier alpha value is -0.0800. The standard InChI is InChI=1S/C9H17O2/c1-10-7-8-11-9-5-3-2-4-6-9/h2-8H2,1H3. The van der Waals surface area contributed by atoms with Gasteiger partial charge in [-0.3, -0.25) is 0 Å². The fourth-order valence-electron chi connectivity index (χ4n) is 1.36. The molecule has 2 heteroatoms. The molecule has 0 aliphatic heterocycles. The Kier molecular flexibility index (Phi) is 4.55. The maximum Gasteiger partial charge on any atom is 0.0971 e. The second kappa shape index (κ2) is 5.56. The van der Waals surface area contributed by atoms with Crippen molar-refractivity contribution in [2.75, 3.05) is 20.3 Å². The van der Waals surface area contributed by atoms with Crippen molar-refractivity contribution < 1.29 is 9.47 Å². The summed E-state index contributed by atoms with van der Waals surface area (Å²) in [5.41, 5.74) is 0. The Labute approximate surface area is 68.9 Å². The lowest BCUT2D eigenvalue weighted by atomic mass is 9.98. The van der Waals surface area contributed by atoms with Gasteiger partial charge in [0.05, 0.1) is 19.3 Å². The third-order valence-corrected chi connectivity index (χ3v) is 2.00. The Morgan fingerprint density at radius 1 is 1.09 bits per heavy atom. The van der Waals surface area contributed by atoms with Crippen LogP contribution >= 0.6 is 0 Å². The molecule has 65 valence electrons. The van der Waals surface area contributed by atoms with E-state index in [1.165, 1.54) is 38.2 Å². The Balaban J connectivity index is 1.96. The molecular formula is C9H17O2. The highest BCUT2D eigenvalue weighted by atomic mass is 16.5. The molecule has 0 bridgehead atoms. The van der Waals surface area contributed by atoms with E-state index in [4.69, 9.17) is 9.47 Å². The Bertz CT molecular complexity index is 87.6. The van der Waals surface area contributed by atoms with Crippen LogP contribution in [-0.4, -0.2) is 20.3 Å². The zero-order chi connectivity index (χ0) is 7.94. The van der Waals surface area contributed by atoms with Gasteiger partial charge in [0.1, 0.15) is 0 Å². The van der Waals surface area contributed by atoms with Crippen LogP contribution < -0.4 is 0 Å². The summed E-state index contributed by atoms with van der Waals surface area (Å²) in [4.78, 5) is 0. The van der Waals surface area contributed by atoms with Crippen LogP contribution in [0.4, 0.5) is 0 Å². The van der Waals surface area contributed by atoms with Gasteiger partial charge in [0, 0.05) is 7.11 Å². The average molecular weight is 157 g/mol. The van der Waals surface area contributed by atoms with Gasteiger partial charge in [0.25, 0.3) is 0 Å². The lowest BCUT2D eigenvalue weighted by Gasteiger charge is -2.20. The minimum Gasteiger partial charge on any atom is -0.382 e. The second-order valence-electron chi connectivity index (χ2n) is 2.94. The first-order valence-electron chi connectivity index (χ1n) is 4.40. The molecular weight excluding hydrogens is 140 g/mol. The van der Waals surface area contributed by atoms with E-state index >= 15 is 0 Å². The topological polar surface area (TPSA) is 18.5 Å². The van der Waals surface area contributed by atoms with Crippen molar-refractivity contribution >= 4 is 0 Å². The molecule has 0 unspecified atom stereocenters. The lowest BCUT2D eigenvalue weighted by molar-refractivity contribution is 0.0610. The molecule has 0 amide bonds. The third kappa shape index (κ3) is 3.73. The molecule has 0 aromatic carbocycles. The van der Waals surface area contributed by atoms with Crippen LogP contribution in [0.2, 0.25) is 0 Å². The summed E-state index contributed by atoms with van der Waals surface area (Å²) in [6, 6.07) is 0. The van der Waals surface area contributed by atoms with Gasteiger partial charge in [-0.05, 0) is 12.8 Å². The largest absolute Gasteiger partial charge is 0.382 e. The molecule has 0 N–H and O–H groups in total. The van der Waals surface area contributed by atoms with Gasteiger partial charge in [-0.25, -0.2) is 0 Å². The van der Waals surface area contributed by atoms with Gasteiger partial charge in [-0.15, -0.1) is 0 Å². The van der Waals surface area contributed by atoms with E-state index in [0.29, 0.717) is 6.61 Å². The quantitative estimate of drug-likeness (QED) is 0.582. The number of hydrogen-bond acceptors (Lipinski definition) is 2. The molecule has 1 rings (SSSR count). The Morgan fingerprint density at radius 3 is 2.45 bits per heavy atom. The number of hydrogen-bond donors (Lipinski definition) is 0. The molecule has 1 saturated carbocycles. The predicted octanol–water partition coefficient (Wildman–Crippen LogP) is 2.15. The molecule has 2 nitrogen and oxygen atoms in total. The molecule has 0 aromatic heterocycles. The van der Waals surface area contributed by atoms with Gasteiger partial charge >= 0.3 is 0 Å². The van der Waals surface area contributed by atoms with Crippen molar-refractivity contribution in [1.82, 2.24) is 0 Å². The first kappa shape index (κ1) is 9.01. The summed E-state index contributed by atoms with van der Waals surface area (Å²) in [5.74, 6) is 0. The molecule has 1 radical (unpaired) electrons. The van der Waals surface area contributed by atoms with E-state index in [2.05, 4.69) is 0 Å². The maximum absolute atomic E-state index is 5.52. The van der Waals surface area contributed by atoms with E-state index in [-0.39, 0.29) is 0 Å². The molecule has 0 saturated heterocycles. The fraction of sp³-hybridized carbons (Fsp3) is 0.889. The number of rotatable bonds is 4. The van der Waals surface area contributed by atoms with Crippen molar-refractivity contribution in [3.05, 3.63) is 6.10 Å². The maximum atomic E-state index is 5.52. The van der Waals surface area contributed by atoms with Crippen LogP contribution in [0.25, 0.3) is 0 Å². The summed E-state index contributed by atoms with van der Waals surface area (Å²) in [6.07, 6.45) is 7.61. The van der Waals surface area contributed by atoms with Gasteiger partial charge in [-0.2, -0.15) is 0 Å². The summed E-state index contributed by atoms with van der Waals surface area (Å²) in [5, 5.41) is 0. The molecule has 11 heavy (non-hydrogen) atoms. The van der Waals surface area contributed by atoms with Crippen molar-refractivity contribution in [1.29, 1.82) is 0 Å². The molecule has 0 heterocycles. The van der Waals surface area contributed by atoms with Gasteiger partial charge in [-0.1, -0.05) is 19.3 Å². The van der Waals surface area contributed by atoms with Crippen LogP contribution in [-0.2, 0) is 9.47 Å². The number of methoxy groups -OCH3 is 1. The molecule has 0 atom stereocenters. The Morgan fingerprint density at radius 2 is 1.82 bits per heavy atom. The highest BCUT2D eigenvalue weighted by Crippen LogP contribution is 2.25. The highest BCUT2D eigenvalue weighted by Gasteiger charge is 2.13. The lowest BCUT2D eigenvalue weighted by Crippen LogP contribution is -2.11. The zero-order valence-corrected chi connectivity index (χ0v) is 7.27. The molecule has 0 aromatic rings. The van der Waals surface area contributed by atoms with Crippen LogP contribution in [0.15, 0.2) is 0 Å². The van der Waals surface area contributed by atoms with Crippen LogP contribution in [0.5, 0.6) is 0 Å². The zero-order valence-electron chi connectivity index (χ0n) is 7.27. The monoisotopic (exact) mass is 157 g/mol. The van der Waals surface area contributed by atoms with Gasteiger partial charge in [0.15, 0.2) is 0 Å². The van der Waals surface area contributed by atoms with Crippen LogP contribution in [0.3, 0.4) is 0 Å². The van der Waals surface area contributed by atoms with E-state index in [1.807, 2.05) is 0 Å². The van der Waals surface area contributed by atoms with E-state index in [0.717, 1.165) is 6.61 Å². The van der Waals surface area contributed by atoms with E-state index in [9.17, 15) is 0 Å². The van der Waals surface area contributed by atoms with E-state index < -0.39 is 0 Å². The molecule has 1 fully saturated rings. The highest BCUT2D eigenvalue weighted by molar-refractivity contribution is 4.81. The van der Waals surface area contributed by atoms with Crippen molar-refractivity contribution in [3.8, 4) is 0 Å². The van der Waals surface area contributed by atoms with E-state index in [1.54, 1.807) is 7.11 Å². The van der Waals surface area contributed by atoms with Crippen molar-refractivity contribution in [2.24, 2.45) is 0 Å². The normalized spacial score (nSPS) is 20.5. The molecule has 1 aliphatic rings. The smallest absolute Gasteiger partial charge is 0.0971 e. The van der Waals surface area contributed by atoms with Gasteiger partial charge < -0.3 is 9.47 Å². The fourth-order valence-corrected chi connectivity index (χ4v) is 1.36. The summed E-state index contributed by atoms with van der Waals surface area (Å²) >= 11 is 0. The third-order valence-electron chi connectivity index (χ3n) is 2.00. The SMILES string of the molecule is COCCO[C]1CCCCC1. The van der Waals surface area contributed by atoms with Gasteiger partial charge in [0.2, 0.25) is 0 Å². The summed E-state index contributed by atoms with van der Waals surface area (Å²) in [6.45, 7) is 1.44.